The molecule has 1 atom stereocenters. The van der Waals surface area contributed by atoms with Crippen molar-refractivity contribution in [1.82, 2.24) is 0 Å². The average Bonchev–Trinajstić information content (AvgIpc) is 2.32. The fraction of sp³-hybridized carbons (Fsp3) is 0.688. The quantitative estimate of drug-likeness (QED) is 0.458. The molecule has 0 bridgehead atoms. The topological polar surface area (TPSA) is 35.5 Å². The molecule has 0 saturated carbocycles. The Morgan fingerprint density at radius 1 is 1.16 bits per heavy atom. The number of hydrogen-bond acceptors (Lipinski definition) is 3. The van der Waals surface area contributed by atoms with Gasteiger partial charge >= 0.3 is 6.16 Å². The van der Waals surface area contributed by atoms with Crippen molar-refractivity contribution in [3.8, 4) is 0 Å². The van der Waals surface area contributed by atoms with Gasteiger partial charge in [0.15, 0.2) is 0 Å². The highest BCUT2D eigenvalue weighted by atomic mass is 16.7. The van der Waals surface area contributed by atoms with Crippen LogP contribution in [-0.4, -0.2) is 17.9 Å². The molecule has 0 aliphatic heterocycles. The molecule has 1 unspecified atom stereocenters. The van der Waals surface area contributed by atoms with Gasteiger partial charge in [-0.2, -0.15) is 0 Å². The van der Waals surface area contributed by atoms with Gasteiger partial charge in [-0.05, 0) is 40.0 Å². The fourth-order valence-electron chi connectivity index (χ4n) is 1.34. The summed E-state index contributed by atoms with van der Waals surface area (Å²) in [4.78, 5) is 11.5. The number of hydrogen-bond donors (Lipinski definition) is 0. The Hall–Kier alpha value is -1.25. The summed E-state index contributed by atoms with van der Waals surface area (Å²) in [7, 11) is 0. The second-order valence-electron chi connectivity index (χ2n) is 5.24. The molecule has 110 valence electrons. The molecule has 0 N–H and O–H groups in total. The lowest BCUT2D eigenvalue weighted by molar-refractivity contribution is -0.0302. The number of carbonyl (C=O) groups excluding carboxylic acids is 1. The number of rotatable bonds is 8. The molecule has 0 heterocycles. The minimum absolute atomic E-state index is 0.0991. The van der Waals surface area contributed by atoms with Crippen LogP contribution in [0.25, 0.3) is 0 Å². The maximum absolute atomic E-state index is 11.5. The minimum Gasteiger partial charge on any atom is -0.431 e. The number of allylic oxidation sites excluding steroid dienone is 3. The van der Waals surface area contributed by atoms with Gasteiger partial charge in [0, 0.05) is 6.42 Å². The predicted molar refractivity (Wildman–Crippen MR) is 79.2 cm³/mol. The third-order valence-electron chi connectivity index (χ3n) is 2.68. The SMILES string of the molecule is CC/C=C\C/C=C\CC(C)(C)OC(=O)OC(C)CC. The molecule has 0 aromatic heterocycles. The van der Waals surface area contributed by atoms with Gasteiger partial charge in [-0.15, -0.1) is 0 Å². The molecule has 19 heavy (non-hydrogen) atoms. The molecule has 0 aromatic carbocycles. The zero-order valence-corrected chi connectivity index (χ0v) is 12.9. The number of carbonyl (C=O) groups is 1. The summed E-state index contributed by atoms with van der Waals surface area (Å²) in [5.74, 6) is 0. The smallest absolute Gasteiger partial charge is 0.431 e. The van der Waals surface area contributed by atoms with Crippen LogP contribution < -0.4 is 0 Å². The zero-order chi connectivity index (χ0) is 14.7. The van der Waals surface area contributed by atoms with Gasteiger partial charge in [-0.1, -0.05) is 38.2 Å². The van der Waals surface area contributed by atoms with Crippen molar-refractivity contribution in [1.29, 1.82) is 0 Å². The van der Waals surface area contributed by atoms with Crippen molar-refractivity contribution in [2.24, 2.45) is 0 Å². The molecule has 0 radical (unpaired) electrons. The first kappa shape index (κ1) is 17.8. The van der Waals surface area contributed by atoms with Gasteiger partial charge in [0.2, 0.25) is 0 Å². The van der Waals surface area contributed by atoms with E-state index in [1.807, 2.05) is 33.8 Å². The first-order valence-corrected chi connectivity index (χ1v) is 7.11. The molecule has 0 aliphatic rings. The van der Waals surface area contributed by atoms with Crippen molar-refractivity contribution in [2.45, 2.75) is 72.0 Å². The maximum Gasteiger partial charge on any atom is 0.509 e. The van der Waals surface area contributed by atoms with E-state index in [0.29, 0.717) is 6.42 Å². The summed E-state index contributed by atoms with van der Waals surface area (Å²) in [6.45, 7) is 9.71. The van der Waals surface area contributed by atoms with Crippen LogP contribution in [-0.2, 0) is 9.47 Å². The van der Waals surface area contributed by atoms with Crippen LogP contribution in [0.4, 0.5) is 4.79 Å². The summed E-state index contributed by atoms with van der Waals surface area (Å²) in [6, 6.07) is 0. The molecule has 3 heteroatoms. The van der Waals surface area contributed by atoms with Crippen LogP contribution in [0.1, 0.15) is 60.3 Å². The Balaban J connectivity index is 4.03. The van der Waals surface area contributed by atoms with Crippen LogP contribution in [0, 0.1) is 0 Å². The maximum atomic E-state index is 11.5. The lowest BCUT2D eigenvalue weighted by Crippen LogP contribution is -2.29. The van der Waals surface area contributed by atoms with E-state index in [9.17, 15) is 4.79 Å². The van der Waals surface area contributed by atoms with Crippen LogP contribution in [0.2, 0.25) is 0 Å². The summed E-state index contributed by atoms with van der Waals surface area (Å²) < 4.78 is 10.4. The summed E-state index contributed by atoms with van der Waals surface area (Å²) >= 11 is 0. The van der Waals surface area contributed by atoms with Crippen LogP contribution in [0.15, 0.2) is 24.3 Å². The third-order valence-corrected chi connectivity index (χ3v) is 2.68. The van der Waals surface area contributed by atoms with Crippen molar-refractivity contribution in [2.75, 3.05) is 0 Å². The van der Waals surface area contributed by atoms with Crippen molar-refractivity contribution >= 4 is 6.16 Å². The Morgan fingerprint density at radius 2 is 1.79 bits per heavy atom. The Morgan fingerprint density at radius 3 is 2.37 bits per heavy atom. The van der Waals surface area contributed by atoms with Crippen molar-refractivity contribution < 1.29 is 14.3 Å². The normalized spacial score (nSPS) is 13.9. The van der Waals surface area contributed by atoms with Crippen LogP contribution in [0.3, 0.4) is 0 Å². The second kappa shape index (κ2) is 9.65. The molecular weight excluding hydrogens is 240 g/mol. The van der Waals surface area contributed by atoms with E-state index in [-0.39, 0.29) is 6.10 Å². The highest BCUT2D eigenvalue weighted by Crippen LogP contribution is 2.17. The zero-order valence-electron chi connectivity index (χ0n) is 12.9. The summed E-state index contributed by atoms with van der Waals surface area (Å²) in [5.41, 5.74) is -0.532. The van der Waals surface area contributed by atoms with E-state index >= 15 is 0 Å². The average molecular weight is 268 g/mol. The minimum atomic E-state index is -0.585. The highest BCUT2D eigenvalue weighted by Gasteiger charge is 2.23. The van der Waals surface area contributed by atoms with Gasteiger partial charge in [0.05, 0.1) is 0 Å². The molecule has 0 rings (SSSR count). The summed E-state index contributed by atoms with van der Waals surface area (Å²) in [5, 5.41) is 0. The predicted octanol–water partition coefficient (Wildman–Crippen LogP) is 5.02. The Bertz CT molecular complexity index is 303. The van der Waals surface area contributed by atoms with E-state index < -0.39 is 11.8 Å². The van der Waals surface area contributed by atoms with E-state index in [2.05, 4.69) is 25.2 Å². The molecule has 0 fully saturated rings. The van der Waals surface area contributed by atoms with Gasteiger partial charge in [-0.3, -0.25) is 0 Å². The molecular formula is C16H28O3. The monoisotopic (exact) mass is 268 g/mol. The fourth-order valence-corrected chi connectivity index (χ4v) is 1.34. The first-order chi connectivity index (χ1) is 8.91. The first-order valence-electron chi connectivity index (χ1n) is 7.11. The molecule has 0 aromatic rings. The van der Waals surface area contributed by atoms with E-state index in [1.54, 1.807) is 0 Å². The molecule has 3 nitrogen and oxygen atoms in total. The highest BCUT2D eigenvalue weighted by molar-refractivity contribution is 5.60. The van der Waals surface area contributed by atoms with Crippen LogP contribution in [0.5, 0.6) is 0 Å². The van der Waals surface area contributed by atoms with Gasteiger partial charge < -0.3 is 9.47 Å². The van der Waals surface area contributed by atoms with E-state index in [0.717, 1.165) is 19.3 Å². The lowest BCUT2D eigenvalue weighted by atomic mass is 10.0. The Labute approximate surface area is 117 Å². The van der Waals surface area contributed by atoms with Crippen LogP contribution >= 0.6 is 0 Å². The lowest BCUT2D eigenvalue weighted by Gasteiger charge is -2.24. The molecule has 0 aliphatic carbocycles. The van der Waals surface area contributed by atoms with E-state index in [4.69, 9.17) is 9.47 Å². The standard InChI is InChI=1S/C16H28O3/c1-6-8-9-10-11-12-13-16(4,5)19-15(17)18-14(3)7-2/h8-9,11-12,14H,6-7,10,13H2,1-5H3/b9-8-,12-11-. The number of ether oxygens (including phenoxy) is 2. The second-order valence-corrected chi connectivity index (χ2v) is 5.24. The summed E-state index contributed by atoms with van der Waals surface area (Å²) in [6.07, 6.45) is 11.1. The molecule has 0 saturated heterocycles. The molecule has 0 spiro atoms. The van der Waals surface area contributed by atoms with Gasteiger partial charge in [0.25, 0.3) is 0 Å². The molecule has 0 amide bonds. The largest absolute Gasteiger partial charge is 0.509 e. The van der Waals surface area contributed by atoms with Crippen molar-refractivity contribution in [3.05, 3.63) is 24.3 Å². The van der Waals surface area contributed by atoms with E-state index in [1.165, 1.54) is 0 Å². The van der Waals surface area contributed by atoms with Gasteiger partial charge in [-0.25, -0.2) is 4.79 Å². The third kappa shape index (κ3) is 10.4. The Kier molecular flexibility index (Phi) is 9.02. The van der Waals surface area contributed by atoms with Gasteiger partial charge in [0.1, 0.15) is 11.7 Å². The van der Waals surface area contributed by atoms with Crippen molar-refractivity contribution in [3.63, 3.8) is 0 Å².